The predicted molar refractivity (Wildman–Crippen MR) is 127 cm³/mol. The summed E-state index contributed by atoms with van der Waals surface area (Å²) in [6, 6.07) is 8.35. The zero-order valence-electron chi connectivity index (χ0n) is 17.6. The molecule has 0 unspecified atom stereocenters. The van der Waals surface area contributed by atoms with E-state index in [2.05, 4.69) is 5.32 Å². The van der Waals surface area contributed by atoms with E-state index < -0.39 is 15.9 Å². The normalized spacial score (nSPS) is 15.1. The quantitative estimate of drug-likeness (QED) is 0.458. The highest BCUT2D eigenvalue weighted by Crippen LogP contribution is 2.34. The van der Waals surface area contributed by atoms with Crippen LogP contribution in [0.4, 0.5) is 5.69 Å². The van der Waals surface area contributed by atoms with E-state index in [0.717, 1.165) is 32.1 Å². The number of nitrogens with zero attached hydrogens (tertiary/aromatic N) is 1. The lowest BCUT2D eigenvalue weighted by atomic mass is 9.95. The molecule has 0 heterocycles. The zero-order valence-corrected chi connectivity index (χ0v) is 19.9. The van der Waals surface area contributed by atoms with Crippen LogP contribution in [-0.2, 0) is 10.0 Å². The van der Waals surface area contributed by atoms with E-state index in [0.29, 0.717) is 19.5 Å². The van der Waals surface area contributed by atoms with Crippen molar-refractivity contribution in [3.8, 4) is 5.75 Å². The summed E-state index contributed by atoms with van der Waals surface area (Å²) < 4.78 is 28.5. The first-order valence-corrected chi connectivity index (χ1v) is 12.7. The molecule has 7 nitrogen and oxygen atoms in total. The number of aromatic hydroxyl groups is 1. The van der Waals surface area contributed by atoms with Crippen LogP contribution in [0.1, 0.15) is 48.9 Å². The molecule has 0 saturated heterocycles. The van der Waals surface area contributed by atoms with Crippen LogP contribution in [0.5, 0.6) is 5.75 Å². The number of nitrogens with one attached hydrogen (secondary N) is 1. The van der Waals surface area contributed by atoms with Crippen LogP contribution in [-0.4, -0.2) is 42.9 Å². The molecule has 0 aliphatic heterocycles. The van der Waals surface area contributed by atoms with Gasteiger partial charge in [0.2, 0.25) is 10.0 Å². The summed E-state index contributed by atoms with van der Waals surface area (Å²) in [6.07, 6.45) is 5.30. The van der Waals surface area contributed by atoms with Crippen LogP contribution in [0.2, 0.25) is 10.0 Å². The molecule has 0 atom stereocenters. The van der Waals surface area contributed by atoms with Gasteiger partial charge in [-0.05, 0) is 50.1 Å². The first-order chi connectivity index (χ1) is 15.2. The van der Waals surface area contributed by atoms with Gasteiger partial charge in [0.25, 0.3) is 5.91 Å². The Morgan fingerprint density at radius 1 is 1.12 bits per heavy atom. The molecule has 0 bridgehead atoms. The lowest BCUT2D eigenvalue weighted by Crippen LogP contribution is -2.42. The third kappa shape index (κ3) is 5.74. The Morgan fingerprint density at radius 2 is 1.81 bits per heavy atom. The van der Waals surface area contributed by atoms with Gasteiger partial charge in [-0.25, -0.2) is 8.42 Å². The first kappa shape index (κ1) is 24.8. The molecule has 1 amide bonds. The minimum Gasteiger partial charge on any atom is -0.506 e. The standard InChI is InChI=1S/C22H27Cl2N3O4S/c23-18-13-20(21(28)14-19(18)24)26-22(29)15-6-4-9-17(12-15)32(30,31)27(11-5-10-25)16-7-2-1-3-8-16/h4,6,9,12-14,16,28H,1-3,5,7-8,10-11,25H2,(H,26,29). The number of nitrogens with two attached hydrogens (primary N) is 1. The van der Waals surface area contributed by atoms with Gasteiger partial charge in [-0.2, -0.15) is 4.31 Å². The van der Waals surface area contributed by atoms with Crippen molar-refractivity contribution in [2.45, 2.75) is 49.5 Å². The summed E-state index contributed by atoms with van der Waals surface area (Å²) >= 11 is 11.8. The van der Waals surface area contributed by atoms with E-state index in [9.17, 15) is 18.3 Å². The maximum Gasteiger partial charge on any atom is 0.255 e. The Hall–Kier alpha value is -1.84. The van der Waals surface area contributed by atoms with Gasteiger partial charge < -0.3 is 16.2 Å². The second-order valence-electron chi connectivity index (χ2n) is 7.82. The maximum atomic E-state index is 13.5. The van der Waals surface area contributed by atoms with E-state index in [-0.39, 0.29) is 38.0 Å². The predicted octanol–water partition coefficient (Wildman–Crippen LogP) is 4.62. The molecule has 0 radical (unpaired) electrons. The molecule has 0 aromatic heterocycles. The van der Waals surface area contributed by atoms with Gasteiger partial charge in [0.05, 0.1) is 20.6 Å². The highest BCUT2D eigenvalue weighted by atomic mass is 35.5. The maximum absolute atomic E-state index is 13.5. The fourth-order valence-electron chi connectivity index (χ4n) is 3.88. The highest BCUT2D eigenvalue weighted by Gasteiger charge is 2.32. The smallest absolute Gasteiger partial charge is 0.255 e. The van der Waals surface area contributed by atoms with Crippen LogP contribution >= 0.6 is 23.2 Å². The van der Waals surface area contributed by atoms with E-state index in [1.807, 2.05) is 0 Å². The Balaban J connectivity index is 1.87. The largest absolute Gasteiger partial charge is 0.506 e. The topological polar surface area (TPSA) is 113 Å². The number of hydrogen-bond donors (Lipinski definition) is 3. The van der Waals surface area contributed by atoms with Gasteiger partial charge in [-0.1, -0.05) is 48.5 Å². The molecule has 1 fully saturated rings. The average Bonchev–Trinajstić information content (AvgIpc) is 2.78. The number of sulfonamides is 1. The summed E-state index contributed by atoms with van der Waals surface area (Å²) in [5, 5.41) is 12.9. The number of anilines is 1. The first-order valence-electron chi connectivity index (χ1n) is 10.6. The van der Waals surface area contributed by atoms with Crippen molar-refractivity contribution in [3.05, 3.63) is 52.0 Å². The third-order valence-corrected chi connectivity index (χ3v) is 8.22. The molecular weight excluding hydrogens is 473 g/mol. The summed E-state index contributed by atoms with van der Waals surface area (Å²) in [6.45, 7) is 0.741. The zero-order chi connectivity index (χ0) is 23.3. The number of phenolic OH excluding ortho intramolecular Hbond substituents is 1. The van der Waals surface area contributed by atoms with E-state index in [1.165, 1.54) is 36.4 Å². The van der Waals surface area contributed by atoms with Gasteiger partial charge >= 0.3 is 0 Å². The third-order valence-electron chi connectivity index (χ3n) is 5.55. The number of rotatable bonds is 8. The molecule has 2 aromatic rings. The van der Waals surface area contributed by atoms with E-state index >= 15 is 0 Å². The Bertz CT molecular complexity index is 1070. The number of benzene rings is 2. The molecule has 3 rings (SSSR count). The van der Waals surface area contributed by atoms with Crippen molar-refractivity contribution in [2.75, 3.05) is 18.4 Å². The Kier molecular flexibility index (Phi) is 8.41. The molecule has 1 aliphatic carbocycles. The summed E-state index contributed by atoms with van der Waals surface area (Å²) in [7, 11) is -3.81. The summed E-state index contributed by atoms with van der Waals surface area (Å²) in [5.74, 6) is -0.830. The van der Waals surface area contributed by atoms with Crippen LogP contribution in [0.25, 0.3) is 0 Å². The molecular formula is C22H27Cl2N3O4S. The molecule has 1 aliphatic rings. The van der Waals surface area contributed by atoms with Crippen LogP contribution < -0.4 is 11.1 Å². The number of halogens is 2. The molecule has 2 aromatic carbocycles. The number of amides is 1. The molecule has 174 valence electrons. The number of hydrogen-bond acceptors (Lipinski definition) is 5. The second-order valence-corrected chi connectivity index (χ2v) is 10.5. The molecule has 32 heavy (non-hydrogen) atoms. The SMILES string of the molecule is NCCCN(C1CCCCC1)S(=O)(=O)c1cccc(C(=O)Nc2cc(Cl)c(Cl)cc2O)c1. The van der Waals surface area contributed by atoms with Crippen LogP contribution in [0.15, 0.2) is 41.3 Å². The van der Waals surface area contributed by atoms with Gasteiger partial charge in [0.1, 0.15) is 5.75 Å². The second kappa shape index (κ2) is 10.9. The Labute approximate surface area is 198 Å². The highest BCUT2D eigenvalue weighted by molar-refractivity contribution is 7.89. The van der Waals surface area contributed by atoms with Crippen molar-refractivity contribution < 1.29 is 18.3 Å². The minimum atomic E-state index is -3.81. The van der Waals surface area contributed by atoms with Crippen LogP contribution in [0.3, 0.4) is 0 Å². The fraction of sp³-hybridized carbons (Fsp3) is 0.409. The lowest BCUT2D eigenvalue weighted by molar-refractivity contribution is 0.102. The number of carbonyl (C=O) groups excluding carboxylic acids is 1. The van der Waals surface area contributed by atoms with E-state index in [1.54, 1.807) is 4.31 Å². The summed E-state index contributed by atoms with van der Waals surface area (Å²) in [4.78, 5) is 12.8. The molecule has 4 N–H and O–H groups in total. The fourth-order valence-corrected chi connectivity index (χ4v) is 5.97. The van der Waals surface area contributed by atoms with Gasteiger partial charge in [-0.3, -0.25) is 4.79 Å². The minimum absolute atomic E-state index is 0.0473. The van der Waals surface area contributed by atoms with Gasteiger partial charge in [0.15, 0.2) is 0 Å². The van der Waals surface area contributed by atoms with Crippen molar-refractivity contribution in [3.63, 3.8) is 0 Å². The molecule has 10 heteroatoms. The van der Waals surface area contributed by atoms with E-state index in [4.69, 9.17) is 28.9 Å². The lowest BCUT2D eigenvalue weighted by Gasteiger charge is -2.33. The monoisotopic (exact) mass is 499 g/mol. The van der Waals surface area contributed by atoms with Crippen molar-refractivity contribution in [2.24, 2.45) is 5.73 Å². The average molecular weight is 500 g/mol. The summed E-state index contributed by atoms with van der Waals surface area (Å²) in [5.41, 5.74) is 5.86. The van der Waals surface area contributed by atoms with Crippen molar-refractivity contribution in [1.29, 1.82) is 0 Å². The van der Waals surface area contributed by atoms with Gasteiger partial charge in [0, 0.05) is 24.2 Å². The van der Waals surface area contributed by atoms with Crippen molar-refractivity contribution >= 4 is 44.8 Å². The van der Waals surface area contributed by atoms with Crippen molar-refractivity contribution in [1.82, 2.24) is 4.31 Å². The molecule has 1 saturated carbocycles. The van der Waals surface area contributed by atoms with Gasteiger partial charge in [-0.15, -0.1) is 0 Å². The Morgan fingerprint density at radius 3 is 2.50 bits per heavy atom. The van der Waals surface area contributed by atoms with Crippen LogP contribution in [0, 0.1) is 0 Å². The molecule has 0 spiro atoms. The number of phenols is 1. The number of carbonyl (C=O) groups is 1.